The second-order valence-corrected chi connectivity index (χ2v) is 6.48. The maximum Gasteiger partial charge on any atom is 0.226 e. The van der Waals surface area contributed by atoms with E-state index in [9.17, 15) is 9.59 Å². The molecule has 0 heterocycles. The first-order chi connectivity index (χ1) is 12.4. The fraction of sp³-hybridized carbons (Fsp3) is 0.300. The van der Waals surface area contributed by atoms with E-state index in [-0.39, 0.29) is 18.2 Å². The van der Waals surface area contributed by atoms with Gasteiger partial charge in [0.1, 0.15) is 5.75 Å². The maximum absolute atomic E-state index is 12.2. The Bertz CT molecular complexity index is 775. The molecule has 0 atom stereocenters. The van der Waals surface area contributed by atoms with Gasteiger partial charge < -0.3 is 15.0 Å². The number of aryl methyl sites for hydroxylation is 1. The zero-order valence-corrected chi connectivity index (χ0v) is 16.0. The van der Waals surface area contributed by atoms with E-state index in [1.165, 1.54) is 19.6 Å². The Morgan fingerprint density at radius 1 is 1.15 bits per heavy atom. The molecule has 0 unspecified atom stereocenters. The minimum Gasteiger partial charge on any atom is -0.495 e. The molecule has 5 nitrogen and oxygen atoms in total. The molecule has 2 rings (SSSR count). The van der Waals surface area contributed by atoms with E-state index in [1.54, 1.807) is 23.1 Å². The summed E-state index contributed by atoms with van der Waals surface area (Å²) in [5.74, 6) is 0.303. The molecule has 138 valence electrons. The first kappa shape index (κ1) is 19.8. The van der Waals surface area contributed by atoms with Crippen LogP contribution >= 0.6 is 11.6 Å². The Morgan fingerprint density at radius 3 is 2.42 bits per heavy atom. The molecule has 0 saturated carbocycles. The highest BCUT2D eigenvalue weighted by Gasteiger charge is 2.12. The first-order valence-electron chi connectivity index (χ1n) is 8.33. The number of amides is 2. The SMILES string of the molecule is COc1ccc(NC(=O)CCN(Cc2ccc(C)cc2)C(C)=O)cc1Cl. The van der Waals surface area contributed by atoms with Crippen LogP contribution in [-0.2, 0) is 16.1 Å². The number of hydrogen-bond donors (Lipinski definition) is 1. The molecule has 0 bridgehead atoms. The second-order valence-electron chi connectivity index (χ2n) is 6.07. The number of anilines is 1. The van der Waals surface area contributed by atoms with Crippen molar-refractivity contribution in [2.45, 2.75) is 26.8 Å². The summed E-state index contributed by atoms with van der Waals surface area (Å²) in [6.07, 6.45) is 0.203. The van der Waals surface area contributed by atoms with E-state index >= 15 is 0 Å². The average molecular weight is 375 g/mol. The molecule has 0 aliphatic rings. The van der Waals surface area contributed by atoms with Crippen molar-refractivity contribution in [2.24, 2.45) is 0 Å². The lowest BCUT2D eigenvalue weighted by molar-refractivity contribution is -0.129. The normalized spacial score (nSPS) is 10.3. The van der Waals surface area contributed by atoms with Gasteiger partial charge >= 0.3 is 0 Å². The van der Waals surface area contributed by atoms with Crippen LogP contribution in [0, 0.1) is 6.92 Å². The lowest BCUT2D eigenvalue weighted by atomic mass is 10.1. The van der Waals surface area contributed by atoms with Crippen LogP contribution in [0.4, 0.5) is 5.69 Å². The Balaban J connectivity index is 1.91. The van der Waals surface area contributed by atoms with E-state index < -0.39 is 0 Å². The molecular weight excluding hydrogens is 352 g/mol. The third-order valence-electron chi connectivity index (χ3n) is 3.98. The molecule has 2 aromatic carbocycles. The zero-order valence-electron chi connectivity index (χ0n) is 15.2. The van der Waals surface area contributed by atoms with Crippen molar-refractivity contribution in [1.82, 2.24) is 4.90 Å². The number of hydrogen-bond acceptors (Lipinski definition) is 3. The van der Waals surface area contributed by atoms with Gasteiger partial charge in [-0.2, -0.15) is 0 Å². The van der Waals surface area contributed by atoms with Gasteiger partial charge in [0.2, 0.25) is 11.8 Å². The Morgan fingerprint density at radius 2 is 1.85 bits per heavy atom. The molecule has 0 aromatic heterocycles. The maximum atomic E-state index is 12.2. The van der Waals surface area contributed by atoms with E-state index in [1.807, 2.05) is 31.2 Å². The summed E-state index contributed by atoms with van der Waals surface area (Å²) < 4.78 is 5.09. The van der Waals surface area contributed by atoms with Gasteiger partial charge in [-0.25, -0.2) is 0 Å². The summed E-state index contributed by atoms with van der Waals surface area (Å²) in [4.78, 5) is 25.7. The van der Waals surface area contributed by atoms with Crippen molar-refractivity contribution in [3.8, 4) is 5.75 Å². The quantitative estimate of drug-likeness (QED) is 0.795. The minimum absolute atomic E-state index is 0.0640. The van der Waals surface area contributed by atoms with Crippen molar-refractivity contribution in [3.05, 3.63) is 58.6 Å². The van der Waals surface area contributed by atoms with Crippen LogP contribution in [-0.4, -0.2) is 30.4 Å². The van der Waals surface area contributed by atoms with Gasteiger partial charge in [-0.1, -0.05) is 41.4 Å². The predicted octanol–water partition coefficient (Wildman–Crippen LogP) is 4.03. The first-order valence-corrected chi connectivity index (χ1v) is 8.71. The Labute approximate surface area is 158 Å². The fourth-order valence-electron chi connectivity index (χ4n) is 2.47. The van der Waals surface area contributed by atoms with Crippen LogP contribution in [0.3, 0.4) is 0 Å². The number of nitrogens with one attached hydrogen (secondary N) is 1. The van der Waals surface area contributed by atoms with Crippen molar-refractivity contribution in [2.75, 3.05) is 19.0 Å². The third-order valence-corrected chi connectivity index (χ3v) is 4.28. The lowest BCUT2D eigenvalue weighted by Crippen LogP contribution is -2.31. The Hall–Kier alpha value is -2.53. The smallest absolute Gasteiger partial charge is 0.226 e. The van der Waals surface area contributed by atoms with E-state index in [2.05, 4.69) is 5.32 Å². The number of carbonyl (C=O) groups is 2. The standard InChI is InChI=1S/C20H23ClN2O3/c1-14-4-6-16(7-5-14)13-23(15(2)24)11-10-20(25)22-17-8-9-19(26-3)18(21)12-17/h4-9,12H,10-11,13H2,1-3H3,(H,22,25). The lowest BCUT2D eigenvalue weighted by Gasteiger charge is -2.21. The molecule has 0 spiro atoms. The van der Waals surface area contributed by atoms with Crippen LogP contribution in [0.1, 0.15) is 24.5 Å². The third kappa shape index (κ3) is 5.77. The second kappa shape index (κ2) is 9.25. The van der Waals surface area contributed by atoms with Gasteiger partial charge in [-0.05, 0) is 30.7 Å². The largest absolute Gasteiger partial charge is 0.495 e. The number of methoxy groups -OCH3 is 1. The van der Waals surface area contributed by atoms with Gasteiger partial charge in [-0.3, -0.25) is 9.59 Å². The van der Waals surface area contributed by atoms with Crippen LogP contribution in [0.25, 0.3) is 0 Å². The number of nitrogens with zero attached hydrogens (tertiary/aromatic N) is 1. The van der Waals surface area contributed by atoms with Gasteiger partial charge in [0.15, 0.2) is 0 Å². The van der Waals surface area contributed by atoms with Gasteiger partial charge in [-0.15, -0.1) is 0 Å². The highest BCUT2D eigenvalue weighted by molar-refractivity contribution is 6.32. The summed E-state index contributed by atoms with van der Waals surface area (Å²) in [5, 5.41) is 3.21. The molecule has 26 heavy (non-hydrogen) atoms. The van der Waals surface area contributed by atoms with Crippen LogP contribution < -0.4 is 10.1 Å². The number of benzene rings is 2. The molecular formula is C20H23ClN2O3. The van der Waals surface area contributed by atoms with Crippen LogP contribution in [0.15, 0.2) is 42.5 Å². The van der Waals surface area contributed by atoms with E-state index in [0.29, 0.717) is 29.5 Å². The number of halogens is 1. The monoisotopic (exact) mass is 374 g/mol. The van der Waals surface area contributed by atoms with Gasteiger partial charge in [0, 0.05) is 32.1 Å². The van der Waals surface area contributed by atoms with Crippen molar-refractivity contribution in [1.29, 1.82) is 0 Å². The summed E-state index contributed by atoms with van der Waals surface area (Å²) in [5.41, 5.74) is 2.79. The number of carbonyl (C=O) groups excluding carboxylic acids is 2. The molecule has 6 heteroatoms. The number of ether oxygens (including phenoxy) is 1. The van der Waals surface area contributed by atoms with Crippen molar-refractivity contribution < 1.29 is 14.3 Å². The number of rotatable bonds is 7. The molecule has 0 saturated heterocycles. The van der Waals surface area contributed by atoms with Crippen LogP contribution in [0.5, 0.6) is 5.75 Å². The highest BCUT2D eigenvalue weighted by Crippen LogP contribution is 2.27. The molecule has 2 amide bonds. The summed E-state index contributed by atoms with van der Waals surface area (Å²) in [6.45, 7) is 4.35. The van der Waals surface area contributed by atoms with E-state index in [4.69, 9.17) is 16.3 Å². The molecule has 0 aliphatic heterocycles. The summed E-state index contributed by atoms with van der Waals surface area (Å²) in [7, 11) is 1.53. The average Bonchev–Trinajstić information content (AvgIpc) is 2.60. The fourth-order valence-corrected chi connectivity index (χ4v) is 2.72. The highest BCUT2D eigenvalue weighted by atomic mass is 35.5. The van der Waals surface area contributed by atoms with Gasteiger partial charge in [0.05, 0.1) is 12.1 Å². The minimum atomic E-state index is -0.179. The molecule has 0 aliphatic carbocycles. The molecule has 0 fully saturated rings. The van der Waals surface area contributed by atoms with E-state index in [0.717, 1.165) is 5.56 Å². The molecule has 2 aromatic rings. The molecule has 0 radical (unpaired) electrons. The molecule has 1 N–H and O–H groups in total. The summed E-state index contributed by atoms with van der Waals surface area (Å²) in [6, 6.07) is 13.0. The van der Waals surface area contributed by atoms with Gasteiger partial charge in [0.25, 0.3) is 0 Å². The topological polar surface area (TPSA) is 58.6 Å². The van der Waals surface area contributed by atoms with Crippen molar-refractivity contribution in [3.63, 3.8) is 0 Å². The Kier molecular flexibility index (Phi) is 7.04. The predicted molar refractivity (Wildman–Crippen MR) is 104 cm³/mol. The van der Waals surface area contributed by atoms with Crippen LogP contribution in [0.2, 0.25) is 5.02 Å². The zero-order chi connectivity index (χ0) is 19.1. The van der Waals surface area contributed by atoms with Crippen molar-refractivity contribution >= 4 is 29.1 Å². The summed E-state index contributed by atoms with van der Waals surface area (Å²) >= 11 is 6.05.